The van der Waals surface area contributed by atoms with Gasteiger partial charge in [-0.1, -0.05) is 12.1 Å². The maximum absolute atomic E-state index is 11.9. The monoisotopic (exact) mass is 395 g/mol. The van der Waals surface area contributed by atoms with E-state index in [2.05, 4.69) is 49.6 Å². The number of likely N-dealkylation sites (N-methyl/N-ethyl adjacent to an activating group) is 1. The van der Waals surface area contributed by atoms with Crippen molar-refractivity contribution in [3.63, 3.8) is 0 Å². The van der Waals surface area contributed by atoms with E-state index in [1.165, 1.54) is 5.56 Å². The molecule has 4 rings (SSSR count). The average molecular weight is 396 g/mol. The van der Waals surface area contributed by atoms with Crippen LogP contribution in [-0.2, 0) is 0 Å². The molecule has 8 nitrogen and oxygen atoms in total. The molecular formula is C21H29N7O. The van der Waals surface area contributed by atoms with E-state index < -0.39 is 5.91 Å². The summed E-state index contributed by atoms with van der Waals surface area (Å²) in [7, 11) is 2.11. The number of aromatic nitrogens is 2. The lowest BCUT2D eigenvalue weighted by Gasteiger charge is -2.33. The van der Waals surface area contributed by atoms with Crippen LogP contribution in [0.1, 0.15) is 34.8 Å². The van der Waals surface area contributed by atoms with Gasteiger partial charge in [0.05, 0.1) is 6.20 Å². The molecule has 1 aromatic heterocycles. The highest BCUT2D eigenvalue weighted by molar-refractivity contribution is 5.96. The second kappa shape index (κ2) is 8.75. The van der Waals surface area contributed by atoms with Crippen molar-refractivity contribution < 1.29 is 4.79 Å². The van der Waals surface area contributed by atoms with Gasteiger partial charge in [0, 0.05) is 31.9 Å². The van der Waals surface area contributed by atoms with Crippen LogP contribution < -0.4 is 21.3 Å². The zero-order valence-corrected chi connectivity index (χ0v) is 16.9. The number of piperazine rings is 1. The van der Waals surface area contributed by atoms with Crippen molar-refractivity contribution in [2.75, 3.05) is 56.5 Å². The van der Waals surface area contributed by atoms with Gasteiger partial charge in [-0.2, -0.15) is 0 Å². The molecule has 2 fully saturated rings. The Hall–Kier alpha value is -2.71. The lowest BCUT2D eigenvalue weighted by molar-refractivity contribution is 0.0996. The third kappa shape index (κ3) is 4.65. The molecule has 8 heteroatoms. The van der Waals surface area contributed by atoms with Crippen LogP contribution in [0.4, 0.5) is 17.3 Å². The van der Waals surface area contributed by atoms with Crippen LogP contribution in [0.5, 0.6) is 0 Å². The third-order valence-electron chi connectivity index (χ3n) is 5.80. The van der Waals surface area contributed by atoms with Gasteiger partial charge in [-0.25, -0.2) is 9.97 Å². The SMILES string of the molecule is CN1CCN(c2cnc(C(N)=O)c(Nc3ccc(C4CCNCC4)cc3)n2)CC1. The van der Waals surface area contributed by atoms with Crippen LogP contribution in [-0.4, -0.2) is 67.1 Å². The lowest BCUT2D eigenvalue weighted by Crippen LogP contribution is -2.45. The number of primary amides is 1. The number of hydrogen-bond donors (Lipinski definition) is 3. The standard InChI is InChI=1S/C21H29N7O/c1-27-10-12-28(13-11-27)18-14-24-19(20(22)29)21(26-18)25-17-4-2-15(3-5-17)16-6-8-23-9-7-16/h2-5,14,16,23H,6-13H2,1H3,(H2,22,29)(H,25,26). The van der Waals surface area contributed by atoms with Gasteiger partial charge < -0.3 is 26.2 Å². The molecule has 2 aliphatic rings. The van der Waals surface area contributed by atoms with E-state index in [1.54, 1.807) is 6.20 Å². The fourth-order valence-electron chi connectivity index (χ4n) is 3.97. The van der Waals surface area contributed by atoms with Crippen molar-refractivity contribution in [2.45, 2.75) is 18.8 Å². The quantitative estimate of drug-likeness (QED) is 0.706. The summed E-state index contributed by atoms with van der Waals surface area (Å²) in [4.78, 5) is 25.3. The number of benzene rings is 1. The molecule has 154 valence electrons. The summed E-state index contributed by atoms with van der Waals surface area (Å²) in [6, 6.07) is 8.37. The van der Waals surface area contributed by atoms with Crippen molar-refractivity contribution >= 4 is 23.2 Å². The van der Waals surface area contributed by atoms with Gasteiger partial charge in [-0.3, -0.25) is 4.79 Å². The molecule has 0 radical (unpaired) electrons. The normalized spacial score (nSPS) is 18.6. The van der Waals surface area contributed by atoms with Gasteiger partial charge in [-0.15, -0.1) is 0 Å². The summed E-state index contributed by atoms with van der Waals surface area (Å²) in [6.07, 6.45) is 3.96. The molecule has 2 aromatic rings. The molecule has 0 saturated carbocycles. The number of carbonyl (C=O) groups is 1. The minimum Gasteiger partial charge on any atom is -0.364 e. The number of nitrogens with one attached hydrogen (secondary N) is 2. The largest absolute Gasteiger partial charge is 0.364 e. The Morgan fingerprint density at radius 3 is 2.48 bits per heavy atom. The second-order valence-electron chi connectivity index (χ2n) is 7.85. The highest BCUT2D eigenvalue weighted by atomic mass is 16.1. The first-order valence-electron chi connectivity index (χ1n) is 10.3. The van der Waals surface area contributed by atoms with Gasteiger partial charge in [0.25, 0.3) is 5.91 Å². The second-order valence-corrected chi connectivity index (χ2v) is 7.85. The van der Waals surface area contributed by atoms with Gasteiger partial charge in [-0.05, 0) is 56.6 Å². The van der Waals surface area contributed by atoms with Crippen LogP contribution in [0.3, 0.4) is 0 Å². The zero-order chi connectivity index (χ0) is 20.2. The van der Waals surface area contributed by atoms with E-state index in [0.717, 1.165) is 63.6 Å². The smallest absolute Gasteiger partial charge is 0.271 e. The number of piperidine rings is 1. The summed E-state index contributed by atoms with van der Waals surface area (Å²) < 4.78 is 0. The fraction of sp³-hybridized carbons (Fsp3) is 0.476. The first kappa shape index (κ1) is 19.6. The molecule has 1 aromatic carbocycles. The summed E-state index contributed by atoms with van der Waals surface area (Å²) in [5.41, 5.74) is 7.91. The number of nitrogens with zero attached hydrogens (tertiary/aromatic N) is 4. The molecule has 2 saturated heterocycles. The Kier molecular flexibility index (Phi) is 5.92. The van der Waals surface area contributed by atoms with E-state index in [0.29, 0.717) is 11.7 Å². The Morgan fingerprint density at radius 1 is 1.14 bits per heavy atom. The third-order valence-corrected chi connectivity index (χ3v) is 5.80. The lowest BCUT2D eigenvalue weighted by atomic mass is 9.90. The van der Waals surface area contributed by atoms with E-state index >= 15 is 0 Å². The minimum atomic E-state index is -0.587. The molecule has 0 bridgehead atoms. The molecule has 1 amide bonds. The first-order chi connectivity index (χ1) is 14.1. The molecule has 0 spiro atoms. The molecule has 2 aliphatic heterocycles. The summed E-state index contributed by atoms with van der Waals surface area (Å²) in [6.45, 7) is 5.85. The highest BCUT2D eigenvalue weighted by Gasteiger charge is 2.20. The molecular weight excluding hydrogens is 366 g/mol. The minimum absolute atomic E-state index is 0.158. The van der Waals surface area contributed by atoms with E-state index in [4.69, 9.17) is 5.73 Å². The average Bonchev–Trinajstić information content (AvgIpc) is 2.75. The summed E-state index contributed by atoms with van der Waals surface area (Å²) in [5, 5.41) is 6.65. The van der Waals surface area contributed by atoms with Crippen molar-refractivity contribution in [1.29, 1.82) is 0 Å². The molecule has 0 aliphatic carbocycles. The first-order valence-corrected chi connectivity index (χ1v) is 10.3. The molecule has 0 atom stereocenters. The predicted molar refractivity (Wildman–Crippen MR) is 115 cm³/mol. The predicted octanol–water partition coefficient (Wildman–Crippen LogP) is 1.54. The van der Waals surface area contributed by atoms with Crippen LogP contribution in [0.15, 0.2) is 30.5 Å². The highest BCUT2D eigenvalue weighted by Crippen LogP contribution is 2.27. The Labute approximate surface area is 171 Å². The maximum atomic E-state index is 11.9. The number of amides is 1. The van der Waals surface area contributed by atoms with Crippen molar-refractivity contribution in [1.82, 2.24) is 20.2 Å². The van der Waals surface area contributed by atoms with Gasteiger partial charge in [0.1, 0.15) is 5.82 Å². The fourth-order valence-corrected chi connectivity index (χ4v) is 3.97. The molecule has 29 heavy (non-hydrogen) atoms. The number of carbonyl (C=O) groups excluding carboxylic acids is 1. The van der Waals surface area contributed by atoms with E-state index in [1.807, 2.05) is 12.1 Å². The van der Waals surface area contributed by atoms with Gasteiger partial charge in [0.15, 0.2) is 11.5 Å². The molecule has 3 heterocycles. The number of rotatable bonds is 5. The van der Waals surface area contributed by atoms with Crippen LogP contribution in [0, 0.1) is 0 Å². The maximum Gasteiger partial charge on any atom is 0.271 e. The zero-order valence-electron chi connectivity index (χ0n) is 16.9. The molecule has 0 unspecified atom stereocenters. The number of anilines is 3. The Bertz CT molecular complexity index is 841. The summed E-state index contributed by atoms with van der Waals surface area (Å²) >= 11 is 0. The van der Waals surface area contributed by atoms with Gasteiger partial charge >= 0.3 is 0 Å². The van der Waals surface area contributed by atoms with Crippen LogP contribution in [0.25, 0.3) is 0 Å². The Morgan fingerprint density at radius 2 is 1.83 bits per heavy atom. The van der Waals surface area contributed by atoms with Crippen molar-refractivity contribution in [2.24, 2.45) is 5.73 Å². The van der Waals surface area contributed by atoms with Crippen LogP contribution in [0.2, 0.25) is 0 Å². The topological polar surface area (TPSA) is 99.4 Å². The Balaban J connectivity index is 1.53. The number of nitrogens with two attached hydrogens (primary N) is 1. The number of hydrogen-bond acceptors (Lipinski definition) is 7. The molecule has 4 N–H and O–H groups in total. The van der Waals surface area contributed by atoms with E-state index in [9.17, 15) is 4.79 Å². The van der Waals surface area contributed by atoms with Crippen LogP contribution >= 0.6 is 0 Å². The van der Waals surface area contributed by atoms with Gasteiger partial charge in [0.2, 0.25) is 0 Å². The van der Waals surface area contributed by atoms with Crippen molar-refractivity contribution in [3.8, 4) is 0 Å². The van der Waals surface area contributed by atoms with E-state index in [-0.39, 0.29) is 5.69 Å². The summed E-state index contributed by atoms with van der Waals surface area (Å²) in [5.74, 6) is 1.18. The van der Waals surface area contributed by atoms with Crippen molar-refractivity contribution in [3.05, 3.63) is 41.7 Å².